The van der Waals surface area contributed by atoms with E-state index in [0.29, 0.717) is 19.1 Å². The van der Waals surface area contributed by atoms with Gasteiger partial charge in [0.1, 0.15) is 0 Å². The van der Waals surface area contributed by atoms with Crippen LogP contribution in [0.2, 0.25) is 0 Å². The van der Waals surface area contributed by atoms with Crippen LogP contribution in [0, 0.1) is 0 Å². The molecule has 2 heterocycles. The van der Waals surface area contributed by atoms with Gasteiger partial charge in [0, 0.05) is 38.6 Å². The van der Waals surface area contributed by atoms with E-state index >= 15 is 0 Å². The quantitative estimate of drug-likeness (QED) is 0.725. The molecule has 0 aliphatic carbocycles. The minimum atomic E-state index is -1.05. The molecule has 0 saturated carbocycles. The lowest BCUT2D eigenvalue weighted by molar-refractivity contribution is -0.138. The van der Waals surface area contributed by atoms with Crippen molar-refractivity contribution in [1.29, 1.82) is 0 Å². The highest BCUT2D eigenvalue weighted by Gasteiger charge is 2.31. The second-order valence-electron chi connectivity index (χ2n) is 5.28. The minimum absolute atomic E-state index is 0.179. The summed E-state index contributed by atoms with van der Waals surface area (Å²) in [6, 6.07) is -0.116. The molecule has 8 nitrogen and oxygen atoms in total. The van der Waals surface area contributed by atoms with Crippen LogP contribution in [-0.2, 0) is 14.3 Å². The number of likely N-dealkylation sites (tertiary alicyclic amines) is 1. The van der Waals surface area contributed by atoms with Crippen molar-refractivity contribution in [3.63, 3.8) is 0 Å². The predicted molar refractivity (Wildman–Crippen MR) is 72.8 cm³/mol. The van der Waals surface area contributed by atoms with Crippen LogP contribution in [0.5, 0.6) is 0 Å². The Labute approximate surface area is 123 Å². The Hall–Kier alpha value is -1.67. The van der Waals surface area contributed by atoms with Crippen molar-refractivity contribution in [2.75, 3.05) is 39.4 Å². The van der Waals surface area contributed by atoms with Crippen molar-refractivity contribution in [2.45, 2.75) is 25.3 Å². The van der Waals surface area contributed by atoms with E-state index in [-0.39, 0.29) is 12.8 Å². The zero-order chi connectivity index (χ0) is 15.2. The fourth-order valence-corrected chi connectivity index (χ4v) is 2.65. The summed E-state index contributed by atoms with van der Waals surface area (Å²) < 4.78 is 5.31. The monoisotopic (exact) mass is 299 g/mol. The second kappa shape index (κ2) is 7.37. The molecule has 2 aliphatic rings. The summed E-state index contributed by atoms with van der Waals surface area (Å²) in [6.07, 6.45) is 0.439. The lowest BCUT2D eigenvalue weighted by Gasteiger charge is -2.32. The van der Waals surface area contributed by atoms with Gasteiger partial charge in [0.15, 0.2) is 0 Å². The van der Waals surface area contributed by atoms with E-state index in [1.807, 2.05) is 0 Å². The van der Waals surface area contributed by atoms with E-state index in [9.17, 15) is 14.4 Å². The third kappa shape index (κ3) is 4.68. The van der Waals surface area contributed by atoms with Gasteiger partial charge < -0.3 is 14.7 Å². The van der Waals surface area contributed by atoms with Crippen molar-refractivity contribution >= 4 is 17.9 Å². The Kier molecular flexibility index (Phi) is 5.51. The Balaban J connectivity index is 1.73. The number of carboxylic acid groups (broad SMARTS) is 1. The molecule has 0 aromatic carbocycles. The van der Waals surface area contributed by atoms with Crippen LogP contribution >= 0.6 is 0 Å². The molecular formula is C13H21N3O5. The minimum Gasteiger partial charge on any atom is -0.481 e. The highest BCUT2D eigenvalue weighted by Crippen LogP contribution is 2.16. The van der Waals surface area contributed by atoms with Crippen molar-refractivity contribution < 1.29 is 24.2 Å². The van der Waals surface area contributed by atoms with Gasteiger partial charge in [-0.05, 0) is 6.42 Å². The van der Waals surface area contributed by atoms with E-state index in [0.717, 1.165) is 32.7 Å². The number of carbonyl (C=O) groups is 3. The smallest absolute Gasteiger partial charge is 0.324 e. The van der Waals surface area contributed by atoms with Crippen molar-refractivity contribution in [1.82, 2.24) is 15.1 Å². The Morgan fingerprint density at radius 2 is 1.86 bits per heavy atom. The Bertz CT molecular complexity index is 409. The third-order valence-electron chi connectivity index (χ3n) is 3.82. The van der Waals surface area contributed by atoms with Crippen LogP contribution in [0.1, 0.15) is 19.3 Å². The van der Waals surface area contributed by atoms with E-state index < -0.39 is 17.9 Å². The Morgan fingerprint density at radius 1 is 1.14 bits per heavy atom. The molecule has 118 valence electrons. The van der Waals surface area contributed by atoms with Crippen LogP contribution in [0.15, 0.2) is 0 Å². The number of nitrogens with one attached hydrogen (secondary N) is 1. The van der Waals surface area contributed by atoms with E-state index in [2.05, 4.69) is 10.2 Å². The number of imide groups is 1. The van der Waals surface area contributed by atoms with Crippen molar-refractivity contribution in [3.8, 4) is 0 Å². The first-order valence-electron chi connectivity index (χ1n) is 7.18. The van der Waals surface area contributed by atoms with Gasteiger partial charge in [0.05, 0.1) is 19.6 Å². The van der Waals surface area contributed by atoms with Crippen molar-refractivity contribution in [3.05, 3.63) is 0 Å². The van der Waals surface area contributed by atoms with Crippen LogP contribution in [0.25, 0.3) is 0 Å². The zero-order valence-corrected chi connectivity index (χ0v) is 11.9. The lowest BCUT2D eigenvalue weighted by Crippen LogP contribution is -2.47. The summed E-state index contributed by atoms with van der Waals surface area (Å²) in [5.41, 5.74) is 0. The number of carboxylic acids is 1. The van der Waals surface area contributed by atoms with Gasteiger partial charge in [-0.1, -0.05) is 0 Å². The number of carbonyl (C=O) groups excluding carboxylic acids is 2. The number of hydrogen-bond acceptors (Lipinski definition) is 5. The summed E-state index contributed by atoms with van der Waals surface area (Å²) in [5.74, 6) is -1.59. The summed E-state index contributed by atoms with van der Waals surface area (Å²) in [4.78, 5) is 37.7. The maximum Gasteiger partial charge on any atom is 0.324 e. The molecule has 0 radical (unpaired) electrons. The highest BCUT2D eigenvalue weighted by atomic mass is 16.5. The maximum atomic E-state index is 11.9. The van der Waals surface area contributed by atoms with Crippen LogP contribution in [0.3, 0.4) is 0 Å². The van der Waals surface area contributed by atoms with E-state index in [1.165, 1.54) is 0 Å². The summed E-state index contributed by atoms with van der Waals surface area (Å²) in [5, 5.41) is 10.7. The first-order chi connectivity index (χ1) is 10.1. The fraction of sp³-hybridized carbons (Fsp3) is 0.769. The van der Waals surface area contributed by atoms with Crippen molar-refractivity contribution in [2.24, 2.45) is 0 Å². The number of rotatable bonds is 4. The van der Waals surface area contributed by atoms with Gasteiger partial charge in [0.25, 0.3) is 0 Å². The molecule has 0 bridgehead atoms. The maximum absolute atomic E-state index is 11.9. The summed E-state index contributed by atoms with van der Waals surface area (Å²) >= 11 is 0. The van der Waals surface area contributed by atoms with E-state index in [4.69, 9.17) is 9.84 Å². The fourth-order valence-electron chi connectivity index (χ4n) is 2.65. The van der Waals surface area contributed by atoms with Crippen LogP contribution in [-0.4, -0.2) is 78.2 Å². The molecule has 2 saturated heterocycles. The van der Waals surface area contributed by atoms with E-state index in [1.54, 1.807) is 4.90 Å². The molecule has 0 spiro atoms. The Morgan fingerprint density at radius 3 is 2.52 bits per heavy atom. The molecule has 2 fully saturated rings. The molecule has 1 atom stereocenters. The summed E-state index contributed by atoms with van der Waals surface area (Å²) in [6.45, 7) is 4.39. The average molecular weight is 299 g/mol. The molecule has 3 amide bonds. The average Bonchev–Trinajstić information content (AvgIpc) is 2.96. The predicted octanol–water partition coefficient (Wildman–Crippen LogP) is -0.506. The molecule has 0 aromatic rings. The number of amides is 3. The van der Waals surface area contributed by atoms with Crippen LogP contribution < -0.4 is 5.32 Å². The normalized spacial score (nSPS) is 23.0. The molecule has 0 aromatic heterocycles. The lowest BCUT2D eigenvalue weighted by atomic mass is 10.2. The number of morpholine rings is 1. The van der Waals surface area contributed by atoms with Gasteiger partial charge in [0.2, 0.25) is 5.91 Å². The molecule has 1 unspecified atom stereocenters. The zero-order valence-electron chi connectivity index (χ0n) is 11.9. The van der Waals surface area contributed by atoms with Gasteiger partial charge in [-0.15, -0.1) is 0 Å². The first kappa shape index (κ1) is 15.7. The molecule has 2 N–H and O–H groups in total. The molecule has 2 rings (SSSR count). The number of urea groups is 1. The van der Waals surface area contributed by atoms with Gasteiger partial charge in [-0.25, -0.2) is 4.79 Å². The first-order valence-corrected chi connectivity index (χ1v) is 7.18. The molecular weight excluding hydrogens is 278 g/mol. The van der Waals surface area contributed by atoms with Gasteiger partial charge >= 0.3 is 12.0 Å². The number of ether oxygens (including phenoxy) is 1. The van der Waals surface area contributed by atoms with Crippen LogP contribution in [0.4, 0.5) is 4.79 Å². The van der Waals surface area contributed by atoms with Gasteiger partial charge in [-0.3, -0.25) is 19.8 Å². The standard InChI is InChI=1S/C13H21N3O5/c17-11(1-2-12(18)19)14-13(20)16-4-3-10(9-16)15-5-7-21-8-6-15/h10H,1-9H2,(H,18,19)(H,14,17,20). The SMILES string of the molecule is O=C(O)CCC(=O)NC(=O)N1CCC(N2CCOCC2)C1. The number of nitrogens with zero attached hydrogens (tertiary/aromatic N) is 2. The second-order valence-corrected chi connectivity index (χ2v) is 5.28. The topological polar surface area (TPSA) is 99.2 Å². The van der Waals surface area contributed by atoms with Gasteiger partial charge in [-0.2, -0.15) is 0 Å². The number of hydrogen-bond donors (Lipinski definition) is 2. The molecule has 8 heteroatoms. The summed E-state index contributed by atoms with van der Waals surface area (Å²) in [7, 11) is 0. The number of aliphatic carboxylic acids is 1. The molecule has 21 heavy (non-hydrogen) atoms. The third-order valence-corrected chi connectivity index (χ3v) is 3.82. The molecule has 2 aliphatic heterocycles. The largest absolute Gasteiger partial charge is 0.481 e. The highest BCUT2D eigenvalue weighted by molar-refractivity contribution is 5.95.